The van der Waals surface area contributed by atoms with Crippen molar-refractivity contribution in [3.63, 3.8) is 0 Å². The van der Waals surface area contributed by atoms with Gasteiger partial charge in [-0.25, -0.2) is 0 Å². The van der Waals surface area contributed by atoms with E-state index in [-0.39, 0.29) is 17.9 Å². The monoisotopic (exact) mass is 318 g/mol. The minimum absolute atomic E-state index is 0.159. The summed E-state index contributed by atoms with van der Waals surface area (Å²) >= 11 is 0. The fraction of sp³-hybridized carbons (Fsp3) is 0.611. The Labute approximate surface area is 137 Å². The van der Waals surface area contributed by atoms with Crippen LogP contribution in [0.3, 0.4) is 0 Å². The van der Waals surface area contributed by atoms with Gasteiger partial charge in [-0.3, -0.25) is 9.69 Å². The molecule has 23 heavy (non-hydrogen) atoms. The quantitative estimate of drug-likeness (QED) is 0.835. The van der Waals surface area contributed by atoms with Crippen LogP contribution in [0, 0.1) is 0 Å². The average molecular weight is 318 g/mol. The van der Waals surface area contributed by atoms with Crippen molar-refractivity contribution in [2.24, 2.45) is 0 Å². The van der Waals surface area contributed by atoms with E-state index in [9.17, 15) is 9.90 Å². The zero-order chi connectivity index (χ0) is 16.3. The number of aliphatic hydroxyl groups is 2. The zero-order valence-corrected chi connectivity index (χ0v) is 13.5. The molecule has 1 unspecified atom stereocenters. The Morgan fingerprint density at radius 2 is 1.91 bits per heavy atom. The summed E-state index contributed by atoms with van der Waals surface area (Å²) in [6, 6.07) is 10.0. The van der Waals surface area contributed by atoms with Crippen molar-refractivity contribution in [3.05, 3.63) is 35.9 Å². The molecule has 0 spiro atoms. The molecule has 1 amide bonds. The third-order valence-electron chi connectivity index (χ3n) is 4.99. The molecule has 5 nitrogen and oxygen atoms in total. The van der Waals surface area contributed by atoms with E-state index < -0.39 is 6.10 Å². The molecule has 126 valence electrons. The highest BCUT2D eigenvalue weighted by Crippen LogP contribution is 2.49. The van der Waals surface area contributed by atoms with Crippen molar-refractivity contribution in [1.82, 2.24) is 9.80 Å². The first kappa shape index (κ1) is 16.4. The minimum Gasteiger partial charge on any atom is -0.396 e. The molecule has 1 saturated carbocycles. The first-order chi connectivity index (χ1) is 11.2. The van der Waals surface area contributed by atoms with Gasteiger partial charge in [0.25, 0.3) is 0 Å². The minimum atomic E-state index is -0.522. The second kappa shape index (κ2) is 6.99. The Hall–Kier alpha value is -1.43. The van der Waals surface area contributed by atoms with Gasteiger partial charge < -0.3 is 15.1 Å². The zero-order valence-electron chi connectivity index (χ0n) is 13.5. The van der Waals surface area contributed by atoms with Crippen LogP contribution in [-0.2, 0) is 10.2 Å². The summed E-state index contributed by atoms with van der Waals surface area (Å²) in [5.74, 6) is 0.159. The number of benzene rings is 1. The van der Waals surface area contributed by atoms with Crippen LogP contribution in [0.5, 0.6) is 0 Å². The molecule has 1 aliphatic carbocycles. The van der Waals surface area contributed by atoms with Gasteiger partial charge in [-0.1, -0.05) is 30.3 Å². The summed E-state index contributed by atoms with van der Waals surface area (Å²) in [7, 11) is 0. The molecule has 1 heterocycles. The predicted molar refractivity (Wildman–Crippen MR) is 88.1 cm³/mol. The van der Waals surface area contributed by atoms with E-state index in [0.29, 0.717) is 26.1 Å². The van der Waals surface area contributed by atoms with Gasteiger partial charge >= 0.3 is 0 Å². The van der Waals surface area contributed by atoms with E-state index in [1.54, 1.807) is 0 Å². The topological polar surface area (TPSA) is 64.0 Å². The number of hydrogen-bond acceptors (Lipinski definition) is 4. The van der Waals surface area contributed by atoms with E-state index in [1.165, 1.54) is 0 Å². The first-order valence-electron chi connectivity index (χ1n) is 8.52. The van der Waals surface area contributed by atoms with Crippen LogP contribution in [0.2, 0.25) is 0 Å². The van der Waals surface area contributed by atoms with Crippen molar-refractivity contribution >= 4 is 5.91 Å². The summed E-state index contributed by atoms with van der Waals surface area (Å²) in [5.41, 5.74) is 0.738. The molecule has 1 saturated heterocycles. The highest BCUT2D eigenvalue weighted by atomic mass is 16.3. The molecule has 1 atom stereocenters. The summed E-state index contributed by atoms with van der Waals surface area (Å²) in [4.78, 5) is 17.0. The fourth-order valence-electron chi connectivity index (χ4n) is 3.55. The van der Waals surface area contributed by atoms with Gasteiger partial charge in [0.15, 0.2) is 0 Å². The highest BCUT2D eigenvalue weighted by Gasteiger charge is 2.53. The second-order valence-corrected chi connectivity index (χ2v) is 6.73. The van der Waals surface area contributed by atoms with Crippen LogP contribution < -0.4 is 0 Å². The molecular weight excluding hydrogens is 292 g/mol. The van der Waals surface area contributed by atoms with Crippen molar-refractivity contribution in [3.8, 4) is 0 Å². The van der Waals surface area contributed by atoms with Crippen molar-refractivity contribution in [2.75, 3.05) is 39.3 Å². The maximum atomic E-state index is 13.1. The molecule has 2 aliphatic rings. The largest absolute Gasteiger partial charge is 0.396 e. The Balaban J connectivity index is 1.68. The lowest BCUT2D eigenvalue weighted by atomic mass is 9.94. The number of carbonyl (C=O) groups excluding carboxylic acids is 1. The standard InChI is InChI=1S/C18H26N2O3/c21-12-4-9-19-10-11-20(14-16(22)13-19)17(23)18(7-8-18)15-5-2-1-3-6-15/h1-3,5-6,16,21-22H,4,7-14H2. The molecule has 0 bridgehead atoms. The van der Waals surface area contributed by atoms with Gasteiger partial charge in [-0.05, 0) is 24.8 Å². The van der Waals surface area contributed by atoms with Gasteiger partial charge in [-0.15, -0.1) is 0 Å². The Bertz CT molecular complexity index is 530. The molecule has 3 rings (SSSR count). The van der Waals surface area contributed by atoms with Crippen LogP contribution in [0.4, 0.5) is 0 Å². The Kier molecular flexibility index (Phi) is 4.99. The fourth-order valence-corrected chi connectivity index (χ4v) is 3.55. The molecule has 1 aliphatic heterocycles. The van der Waals surface area contributed by atoms with E-state index in [2.05, 4.69) is 4.90 Å². The molecule has 2 fully saturated rings. The predicted octanol–water partition coefficient (Wildman–Crippen LogP) is 0.606. The van der Waals surface area contributed by atoms with Gasteiger partial charge in [-0.2, -0.15) is 0 Å². The smallest absolute Gasteiger partial charge is 0.233 e. The normalized spacial score (nSPS) is 24.3. The summed E-state index contributed by atoms with van der Waals surface area (Å²) in [6.45, 7) is 3.31. The summed E-state index contributed by atoms with van der Waals surface area (Å²) in [5, 5.41) is 19.2. The van der Waals surface area contributed by atoms with E-state index in [1.807, 2.05) is 35.2 Å². The number of rotatable bonds is 5. The highest BCUT2D eigenvalue weighted by molar-refractivity contribution is 5.91. The van der Waals surface area contributed by atoms with Crippen molar-refractivity contribution < 1.29 is 15.0 Å². The van der Waals surface area contributed by atoms with Gasteiger partial charge in [0.1, 0.15) is 0 Å². The number of amides is 1. The number of carbonyl (C=O) groups is 1. The Morgan fingerprint density at radius 3 is 2.57 bits per heavy atom. The lowest BCUT2D eigenvalue weighted by Crippen LogP contribution is -2.43. The summed E-state index contributed by atoms with van der Waals surface area (Å²) < 4.78 is 0. The van der Waals surface area contributed by atoms with E-state index in [4.69, 9.17) is 5.11 Å². The number of hydrogen-bond donors (Lipinski definition) is 2. The van der Waals surface area contributed by atoms with E-state index in [0.717, 1.165) is 31.5 Å². The molecule has 1 aromatic rings. The van der Waals surface area contributed by atoms with Crippen LogP contribution in [0.25, 0.3) is 0 Å². The third kappa shape index (κ3) is 3.57. The van der Waals surface area contributed by atoms with Gasteiger partial charge in [0.2, 0.25) is 5.91 Å². The lowest BCUT2D eigenvalue weighted by Gasteiger charge is -2.27. The van der Waals surface area contributed by atoms with Crippen molar-refractivity contribution in [2.45, 2.75) is 30.8 Å². The molecule has 0 aromatic heterocycles. The van der Waals surface area contributed by atoms with Gasteiger partial charge in [0, 0.05) is 39.3 Å². The van der Waals surface area contributed by atoms with Crippen LogP contribution in [0.15, 0.2) is 30.3 Å². The maximum Gasteiger partial charge on any atom is 0.233 e. The lowest BCUT2D eigenvalue weighted by molar-refractivity contribution is -0.134. The molecular formula is C18H26N2O3. The van der Waals surface area contributed by atoms with Crippen molar-refractivity contribution in [1.29, 1.82) is 0 Å². The SMILES string of the molecule is O=C(N1CCN(CCCO)CC(O)C1)C1(c2ccccc2)CC1. The number of nitrogens with zero attached hydrogens (tertiary/aromatic N) is 2. The molecule has 0 radical (unpaired) electrons. The maximum absolute atomic E-state index is 13.1. The van der Waals surface area contributed by atoms with Crippen LogP contribution >= 0.6 is 0 Å². The molecule has 2 N–H and O–H groups in total. The number of β-amino-alcohol motifs (C(OH)–C–C–N with tert-alkyl or cyclic N) is 1. The Morgan fingerprint density at radius 1 is 1.17 bits per heavy atom. The molecule has 5 heteroatoms. The summed E-state index contributed by atoms with van der Waals surface area (Å²) in [6.07, 6.45) is 1.98. The van der Waals surface area contributed by atoms with Crippen LogP contribution in [-0.4, -0.2) is 71.4 Å². The van der Waals surface area contributed by atoms with E-state index >= 15 is 0 Å². The van der Waals surface area contributed by atoms with Crippen LogP contribution in [0.1, 0.15) is 24.8 Å². The molecule has 1 aromatic carbocycles. The second-order valence-electron chi connectivity index (χ2n) is 6.73. The first-order valence-corrected chi connectivity index (χ1v) is 8.52. The number of aliphatic hydroxyl groups excluding tert-OH is 2. The average Bonchev–Trinajstić information content (AvgIpc) is 3.38. The third-order valence-corrected chi connectivity index (χ3v) is 4.99. The van der Waals surface area contributed by atoms with Gasteiger partial charge in [0.05, 0.1) is 11.5 Å².